The second-order valence-electron chi connectivity index (χ2n) is 6.30. The average molecular weight is 288 g/mol. The highest BCUT2D eigenvalue weighted by Crippen LogP contribution is 2.37. The van der Waals surface area contributed by atoms with E-state index < -0.39 is 18.3 Å². The van der Waals surface area contributed by atoms with E-state index in [0.717, 1.165) is 16.7 Å². The van der Waals surface area contributed by atoms with Gasteiger partial charge in [-0.3, -0.25) is 5.10 Å². The highest BCUT2D eigenvalue weighted by atomic mass is 19.1. The lowest BCUT2D eigenvalue weighted by molar-refractivity contribution is 0.00578. The molecule has 1 aromatic carbocycles. The summed E-state index contributed by atoms with van der Waals surface area (Å²) >= 11 is 0. The first-order valence-electron chi connectivity index (χ1n) is 6.95. The lowest BCUT2D eigenvalue weighted by Gasteiger charge is -2.32. The smallest absolute Gasteiger partial charge is 0.399 e. The second-order valence-corrected chi connectivity index (χ2v) is 6.30. The molecule has 0 bridgehead atoms. The highest BCUT2D eigenvalue weighted by Gasteiger charge is 2.52. The summed E-state index contributed by atoms with van der Waals surface area (Å²) in [4.78, 5) is 0. The standard InChI is InChI=1S/C15H18BFN2O2/c1-14(2)15(3,4)21-16(20-14)12-9-18-19-13(12)10-5-7-11(17)8-6-10/h5-9H,1-4H3,(H,18,19). The van der Waals surface area contributed by atoms with E-state index in [0.29, 0.717) is 0 Å². The molecule has 110 valence electrons. The highest BCUT2D eigenvalue weighted by molar-refractivity contribution is 6.63. The lowest BCUT2D eigenvalue weighted by Crippen LogP contribution is -2.41. The van der Waals surface area contributed by atoms with Gasteiger partial charge in [0.2, 0.25) is 0 Å². The van der Waals surface area contributed by atoms with Crippen LogP contribution in [0.2, 0.25) is 0 Å². The van der Waals surface area contributed by atoms with Gasteiger partial charge < -0.3 is 9.31 Å². The molecule has 0 atom stereocenters. The van der Waals surface area contributed by atoms with Crippen LogP contribution in [0.3, 0.4) is 0 Å². The van der Waals surface area contributed by atoms with Crippen molar-refractivity contribution in [1.82, 2.24) is 10.2 Å². The Bertz CT molecular complexity index is 636. The fraction of sp³-hybridized carbons (Fsp3) is 0.400. The zero-order valence-electron chi connectivity index (χ0n) is 12.6. The fourth-order valence-electron chi connectivity index (χ4n) is 2.29. The third-order valence-electron chi connectivity index (χ3n) is 4.31. The van der Waals surface area contributed by atoms with Crippen molar-refractivity contribution in [3.8, 4) is 11.3 Å². The van der Waals surface area contributed by atoms with Crippen molar-refractivity contribution in [2.75, 3.05) is 0 Å². The molecular weight excluding hydrogens is 270 g/mol. The monoisotopic (exact) mass is 288 g/mol. The Morgan fingerprint density at radius 3 is 2.19 bits per heavy atom. The number of halogens is 1. The van der Waals surface area contributed by atoms with Crippen molar-refractivity contribution in [2.45, 2.75) is 38.9 Å². The number of hydrogen-bond donors (Lipinski definition) is 1. The topological polar surface area (TPSA) is 47.1 Å². The molecule has 0 aliphatic carbocycles. The van der Waals surface area contributed by atoms with Gasteiger partial charge in [-0.25, -0.2) is 4.39 Å². The van der Waals surface area contributed by atoms with E-state index in [9.17, 15) is 4.39 Å². The molecule has 1 saturated heterocycles. The van der Waals surface area contributed by atoms with E-state index in [1.165, 1.54) is 12.1 Å². The Morgan fingerprint density at radius 1 is 1.05 bits per heavy atom. The Kier molecular flexibility index (Phi) is 3.18. The van der Waals surface area contributed by atoms with Crippen LogP contribution in [-0.2, 0) is 9.31 Å². The molecule has 1 aliphatic heterocycles. The van der Waals surface area contributed by atoms with E-state index in [-0.39, 0.29) is 5.82 Å². The van der Waals surface area contributed by atoms with Crippen molar-refractivity contribution >= 4 is 12.6 Å². The van der Waals surface area contributed by atoms with E-state index in [1.807, 2.05) is 27.7 Å². The summed E-state index contributed by atoms with van der Waals surface area (Å²) in [5, 5.41) is 7.02. The molecule has 1 fully saturated rings. The molecule has 0 unspecified atom stereocenters. The van der Waals surface area contributed by atoms with Crippen LogP contribution in [0.25, 0.3) is 11.3 Å². The van der Waals surface area contributed by atoms with Crippen molar-refractivity contribution in [2.24, 2.45) is 0 Å². The largest absolute Gasteiger partial charge is 0.498 e. The van der Waals surface area contributed by atoms with Crippen molar-refractivity contribution in [3.05, 3.63) is 36.3 Å². The van der Waals surface area contributed by atoms with Gasteiger partial charge in [-0.05, 0) is 57.5 Å². The molecule has 1 N–H and O–H groups in total. The normalized spacial score (nSPS) is 20.0. The number of hydrogen-bond acceptors (Lipinski definition) is 3. The first-order valence-corrected chi connectivity index (χ1v) is 6.95. The average Bonchev–Trinajstić information content (AvgIpc) is 2.94. The third-order valence-corrected chi connectivity index (χ3v) is 4.31. The Balaban J connectivity index is 1.96. The number of nitrogens with zero attached hydrogens (tertiary/aromatic N) is 1. The predicted molar refractivity (Wildman–Crippen MR) is 79.7 cm³/mol. The predicted octanol–water partition coefficient (Wildman–Crippen LogP) is 2.52. The molecule has 1 aliphatic rings. The summed E-state index contributed by atoms with van der Waals surface area (Å²) in [5.74, 6) is -0.268. The van der Waals surface area contributed by atoms with Gasteiger partial charge in [-0.2, -0.15) is 5.10 Å². The molecule has 6 heteroatoms. The van der Waals surface area contributed by atoms with Crippen LogP contribution < -0.4 is 5.46 Å². The molecule has 1 aromatic heterocycles. The quantitative estimate of drug-likeness (QED) is 0.864. The van der Waals surface area contributed by atoms with Crippen LogP contribution in [0.1, 0.15) is 27.7 Å². The Labute approximate surface area is 123 Å². The molecule has 2 heterocycles. The number of rotatable bonds is 2. The van der Waals surface area contributed by atoms with Gasteiger partial charge in [-0.1, -0.05) is 0 Å². The van der Waals surface area contributed by atoms with Gasteiger partial charge in [0.1, 0.15) is 5.82 Å². The third kappa shape index (κ3) is 2.38. The summed E-state index contributed by atoms with van der Waals surface area (Å²) in [7, 11) is -0.492. The van der Waals surface area contributed by atoms with E-state index >= 15 is 0 Å². The molecule has 21 heavy (non-hydrogen) atoms. The van der Waals surface area contributed by atoms with Crippen LogP contribution in [0, 0.1) is 5.82 Å². The first-order chi connectivity index (χ1) is 9.80. The summed E-state index contributed by atoms with van der Waals surface area (Å²) in [5.41, 5.74) is 1.64. The molecule has 0 amide bonds. The van der Waals surface area contributed by atoms with E-state index in [4.69, 9.17) is 9.31 Å². The van der Waals surface area contributed by atoms with Gasteiger partial charge in [0.15, 0.2) is 0 Å². The number of aromatic amines is 1. The Hall–Kier alpha value is -1.66. The first kappa shape index (κ1) is 14.3. The van der Waals surface area contributed by atoms with Gasteiger partial charge in [0.25, 0.3) is 0 Å². The SMILES string of the molecule is CC1(C)OB(c2cn[nH]c2-c2ccc(F)cc2)OC1(C)C. The minimum Gasteiger partial charge on any atom is -0.399 e. The maximum Gasteiger partial charge on any atom is 0.498 e. The van der Waals surface area contributed by atoms with Gasteiger partial charge >= 0.3 is 7.12 Å². The van der Waals surface area contributed by atoms with Crippen LogP contribution in [-0.4, -0.2) is 28.5 Å². The Morgan fingerprint density at radius 2 is 1.62 bits per heavy atom. The van der Waals surface area contributed by atoms with E-state index in [2.05, 4.69) is 10.2 Å². The van der Waals surface area contributed by atoms with Crippen LogP contribution in [0.15, 0.2) is 30.5 Å². The zero-order valence-corrected chi connectivity index (χ0v) is 12.6. The molecule has 3 rings (SSSR count). The van der Waals surface area contributed by atoms with Crippen molar-refractivity contribution in [3.63, 3.8) is 0 Å². The summed E-state index contributed by atoms with van der Waals surface area (Å²) < 4.78 is 25.1. The number of aromatic nitrogens is 2. The molecule has 0 saturated carbocycles. The van der Waals surface area contributed by atoms with Crippen LogP contribution >= 0.6 is 0 Å². The maximum atomic E-state index is 13.1. The summed E-state index contributed by atoms with van der Waals surface area (Å²) in [6.07, 6.45) is 1.70. The maximum absolute atomic E-state index is 13.1. The lowest BCUT2D eigenvalue weighted by atomic mass is 9.78. The second kappa shape index (κ2) is 4.68. The molecular formula is C15H18BFN2O2. The van der Waals surface area contributed by atoms with Crippen LogP contribution in [0.4, 0.5) is 4.39 Å². The van der Waals surface area contributed by atoms with Crippen molar-refractivity contribution < 1.29 is 13.7 Å². The van der Waals surface area contributed by atoms with Crippen LogP contribution in [0.5, 0.6) is 0 Å². The minimum absolute atomic E-state index is 0.268. The minimum atomic E-state index is -0.492. The van der Waals surface area contributed by atoms with Gasteiger partial charge in [0.05, 0.1) is 16.9 Å². The fourth-order valence-corrected chi connectivity index (χ4v) is 2.29. The van der Waals surface area contributed by atoms with Gasteiger partial charge in [0, 0.05) is 11.7 Å². The summed E-state index contributed by atoms with van der Waals surface area (Å²) in [6.45, 7) is 8.02. The molecule has 4 nitrogen and oxygen atoms in total. The molecule has 2 aromatic rings. The number of H-pyrrole nitrogens is 1. The molecule has 0 radical (unpaired) electrons. The number of nitrogens with one attached hydrogen (secondary N) is 1. The molecule has 0 spiro atoms. The van der Waals surface area contributed by atoms with E-state index in [1.54, 1.807) is 18.3 Å². The number of benzene rings is 1. The summed E-state index contributed by atoms with van der Waals surface area (Å²) in [6, 6.07) is 6.25. The van der Waals surface area contributed by atoms with Crippen molar-refractivity contribution in [1.29, 1.82) is 0 Å². The zero-order chi connectivity index (χ0) is 15.3. The van der Waals surface area contributed by atoms with Gasteiger partial charge in [-0.15, -0.1) is 0 Å².